The Balaban J connectivity index is 1.67. The van der Waals surface area contributed by atoms with Crippen LogP contribution in [0.3, 0.4) is 0 Å². The topological polar surface area (TPSA) is 106 Å². The molecule has 3 heterocycles. The summed E-state index contributed by atoms with van der Waals surface area (Å²) in [6.45, 7) is 2.07. The maximum absolute atomic E-state index is 11.7. The molecule has 4 rings (SSSR count). The van der Waals surface area contributed by atoms with Gasteiger partial charge in [0.1, 0.15) is 0 Å². The first-order chi connectivity index (χ1) is 15.6. The summed E-state index contributed by atoms with van der Waals surface area (Å²) in [7, 11) is 1.63. The van der Waals surface area contributed by atoms with Gasteiger partial charge >= 0.3 is 0 Å². The van der Waals surface area contributed by atoms with Crippen LogP contribution < -0.4 is 10.1 Å². The predicted octanol–water partition coefficient (Wildman–Crippen LogP) is 3.31. The van der Waals surface area contributed by atoms with E-state index < -0.39 is 0 Å². The molecule has 0 spiro atoms. The third-order valence-electron chi connectivity index (χ3n) is 5.56. The minimum Gasteiger partial charge on any atom is -0.481 e. The summed E-state index contributed by atoms with van der Waals surface area (Å²) >= 11 is 6.64. The molecule has 0 unspecified atom stereocenters. The lowest BCUT2D eigenvalue weighted by atomic mass is 9.96. The van der Waals surface area contributed by atoms with Crippen molar-refractivity contribution in [3.8, 4) is 5.88 Å². The lowest BCUT2D eigenvalue weighted by molar-refractivity contribution is -0.119. The second kappa shape index (κ2) is 9.91. The van der Waals surface area contributed by atoms with E-state index in [0.29, 0.717) is 36.0 Å². The van der Waals surface area contributed by atoms with Gasteiger partial charge in [0.05, 0.1) is 12.8 Å². The number of nitrogens with one attached hydrogen (secondary N) is 2. The number of aryl methyl sites for hydroxylation is 3. The number of rotatable bonds is 8. The number of methoxy groups -OCH3 is 1. The van der Waals surface area contributed by atoms with Gasteiger partial charge in [-0.2, -0.15) is 5.21 Å². The Morgan fingerprint density at radius 1 is 1.25 bits per heavy atom. The molecule has 0 radical (unpaired) electrons. The number of halogens is 1. The SMILES string of the molecule is CCc1ccc(/C(=C/[C@H]2CCC(=O)N2)c2ccc(CCc3nn[nH]n3)c(Cl)c2)nc1OC. The first-order valence-corrected chi connectivity index (χ1v) is 11.0. The number of hydrogen-bond donors (Lipinski definition) is 2. The van der Waals surface area contributed by atoms with Crippen molar-refractivity contribution in [1.29, 1.82) is 0 Å². The summed E-state index contributed by atoms with van der Waals surface area (Å²) in [5.41, 5.74) is 4.65. The second-order valence-corrected chi connectivity index (χ2v) is 8.05. The number of aromatic nitrogens is 5. The Morgan fingerprint density at radius 2 is 2.09 bits per heavy atom. The van der Waals surface area contributed by atoms with Crippen LogP contribution in [0, 0.1) is 0 Å². The number of hydrogen-bond acceptors (Lipinski definition) is 6. The van der Waals surface area contributed by atoms with E-state index in [1.807, 2.05) is 30.3 Å². The fraction of sp³-hybridized carbons (Fsp3) is 0.348. The standard InChI is InChI=1S/C23H25ClN6O2/c1-3-14-6-9-20(26-23(14)32-2)18(13-17-8-11-22(31)25-17)16-5-4-15(19(24)12-16)7-10-21-27-29-30-28-21/h4-6,9,12-13,17H,3,7-8,10-11H2,1-2H3,(H,25,31)(H,27,28,29,30)/b18-13+/t17-/m1/s1. The fourth-order valence-electron chi connectivity index (χ4n) is 3.81. The van der Waals surface area contributed by atoms with Crippen molar-refractivity contribution >= 4 is 23.1 Å². The van der Waals surface area contributed by atoms with Gasteiger partial charge in [0, 0.05) is 35.0 Å². The average molecular weight is 453 g/mol. The Labute approximate surface area is 191 Å². The van der Waals surface area contributed by atoms with E-state index in [-0.39, 0.29) is 11.9 Å². The van der Waals surface area contributed by atoms with Crippen molar-refractivity contribution in [2.24, 2.45) is 0 Å². The quantitative estimate of drug-likeness (QED) is 0.543. The smallest absolute Gasteiger partial charge is 0.220 e. The van der Waals surface area contributed by atoms with E-state index >= 15 is 0 Å². The molecule has 166 valence electrons. The fourth-order valence-corrected chi connectivity index (χ4v) is 4.09. The Bertz CT molecular complexity index is 1130. The number of nitrogens with zero attached hydrogens (tertiary/aromatic N) is 4. The number of ether oxygens (including phenoxy) is 1. The molecule has 1 aromatic carbocycles. The number of benzene rings is 1. The van der Waals surface area contributed by atoms with E-state index in [1.165, 1.54) is 0 Å². The number of carbonyl (C=O) groups is 1. The third-order valence-corrected chi connectivity index (χ3v) is 5.91. The highest BCUT2D eigenvalue weighted by molar-refractivity contribution is 6.31. The summed E-state index contributed by atoms with van der Waals surface area (Å²) < 4.78 is 5.51. The summed E-state index contributed by atoms with van der Waals surface area (Å²) in [5.74, 6) is 1.32. The molecule has 3 aromatic rings. The van der Waals surface area contributed by atoms with Crippen LogP contribution >= 0.6 is 11.6 Å². The number of aromatic amines is 1. The summed E-state index contributed by atoms with van der Waals surface area (Å²) in [6, 6.07) is 9.95. The third kappa shape index (κ3) is 4.96. The van der Waals surface area contributed by atoms with Crippen LogP contribution in [-0.4, -0.2) is 44.7 Å². The largest absolute Gasteiger partial charge is 0.481 e. The summed E-state index contributed by atoms with van der Waals surface area (Å²) in [6.07, 6.45) is 5.51. The molecule has 1 saturated heterocycles. The van der Waals surface area contributed by atoms with Crippen molar-refractivity contribution in [3.63, 3.8) is 0 Å². The highest BCUT2D eigenvalue weighted by Gasteiger charge is 2.21. The van der Waals surface area contributed by atoms with Gasteiger partial charge in [-0.05, 0) is 42.5 Å². The van der Waals surface area contributed by atoms with Gasteiger partial charge in [0.15, 0.2) is 5.82 Å². The van der Waals surface area contributed by atoms with Gasteiger partial charge in [-0.1, -0.05) is 48.0 Å². The minimum absolute atomic E-state index is 0.0483. The van der Waals surface area contributed by atoms with Crippen LogP contribution in [0.1, 0.15) is 48.0 Å². The normalized spacial score (nSPS) is 16.3. The van der Waals surface area contributed by atoms with Crippen molar-refractivity contribution in [1.82, 2.24) is 30.9 Å². The van der Waals surface area contributed by atoms with Gasteiger partial charge in [-0.25, -0.2) is 4.98 Å². The average Bonchev–Trinajstić information content (AvgIpc) is 3.47. The second-order valence-electron chi connectivity index (χ2n) is 7.65. The van der Waals surface area contributed by atoms with Crippen LogP contribution in [0.5, 0.6) is 5.88 Å². The molecule has 1 amide bonds. The van der Waals surface area contributed by atoms with Crippen LogP contribution in [-0.2, 0) is 24.1 Å². The highest BCUT2D eigenvalue weighted by Crippen LogP contribution is 2.30. The zero-order valence-corrected chi connectivity index (χ0v) is 18.8. The Hall–Kier alpha value is -3.26. The first-order valence-electron chi connectivity index (χ1n) is 10.6. The predicted molar refractivity (Wildman–Crippen MR) is 121 cm³/mol. The van der Waals surface area contributed by atoms with E-state index in [1.54, 1.807) is 7.11 Å². The molecule has 0 saturated carbocycles. The van der Waals surface area contributed by atoms with E-state index in [4.69, 9.17) is 21.3 Å². The maximum atomic E-state index is 11.7. The minimum atomic E-state index is -0.0483. The lowest BCUT2D eigenvalue weighted by Gasteiger charge is -2.15. The molecule has 0 bridgehead atoms. The zero-order valence-electron chi connectivity index (χ0n) is 18.1. The number of amides is 1. The van der Waals surface area contributed by atoms with Crippen LogP contribution in [0.15, 0.2) is 36.4 Å². The van der Waals surface area contributed by atoms with E-state index in [2.05, 4.69) is 38.9 Å². The van der Waals surface area contributed by atoms with Crippen molar-refractivity contribution in [3.05, 3.63) is 69.6 Å². The molecule has 0 aliphatic carbocycles. The van der Waals surface area contributed by atoms with Crippen LogP contribution in [0.25, 0.3) is 5.57 Å². The Kier molecular flexibility index (Phi) is 6.80. The van der Waals surface area contributed by atoms with E-state index in [9.17, 15) is 4.79 Å². The molecule has 1 atom stereocenters. The van der Waals surface area contributed by atoms with Crippen LogP contribution in [0.2, 0.25) is 5.02 Å². The number of tetrazole rings is 1. The molecule has 8 nitrogen and oxygen atoms in total. The van der Waals surface area contributed by atoms with Crippen LogP contribution in [0.4, 0.5) is 0 Å². The van der Waals surface area contributed by atoms with Crippen molar-refractivity contribution < 1.29 is 9.53 Å². The summed E-state index contributed by atoms with van der Waals surface area (Å²) in [5, 5.41) is 17.7. The molecule has 2 aromatic heterocycles. The highest BCUT2D eigenvalue weighted by atomic mass is 35.5. The van der Waals surface area contributed by atoms with Crippen molar-refractivity contribution in [2.45, 2.75) is 45.1 Å². The molecule has 32 heavy (non-hydrogen) atoms. The lowest BCUT2D eigenvalue weighted by Crippen LogP contribution is -2.23. The van der Waals surface area contributed by atoms with Gasteiger partial charge in [-0.15, -0.1) is 10.2 Å². The number of H-pyrrole nitrogens is 1. The van der Waals surface area contributed by atoms with Gasteiger partial charge < -0.3 is 10.1 Å². The molecule has 1 aliphatic heterocycles. The molecule has 9 heteroatoms. The van der Waals surface area contributed by atoms with Gasteiger partial charge in [0.2, 0.25) is 11.8 Å². The van der Waals surface area contributed by atoms with Gasteiger partial charge in [-0.3, -0.25) is 4.79 Å². The molecular weight excluding hydrogens is 428 g/mol. The molecule has 1 fully saturated rings. The molecule has 2 N–H and O–H groups in total. The van der Waals surface area contributed by atoms with Crippen molar-refractivity contribution in [2.75, 3.05) is 7.11 Å². The van der Waals surface area contributed by atoms with E-state index in [0.717, 1.165) is 40.8 Å². The summed E-state index contributed by atoms with van der Waals surface area (Å²) in [4.78, 5) is 16.5. The first kappa shape index (κ1) is 22.0. The Morgan fingerprint density at radius 3 is 2.75 bits per heavy atom. The molecule has 1 aliphatic rings. The number of carbonyl (C=O) groups excluding carboxylic acids is 1. The molecular formula is C23H25ClN6O2. The number of pyridine rings is 1. The van der Waals surface area contributed by atoms with Gasteiger partial charge in [0.25, 0.3) is 0 Å². The maximum Gasteiger partial charge on any atom is 0.220 e. The monoisotopic (exact) mass is 452 g/mol. The zero-order chi connectivity index (χ0) is 22.5.